The number of methoxy groups -OCH3 is 1. The Morgan fingerprint density at radius 3 is 2.57 bits per heavy atom. The van der Waals surface area contributed by atoms with E-state index in [4.69, 9.17) is 4.74 Å². The fourth-order valence-corrected chi connectivity index (χ4v) is 3.74. The zero-order valence-electron chi connectivity index (χ0n) is 17.9. The van der Waals surface area contributed by atoms with E-state index < -0.39 is 6.04 Å². The van der Waals surface area contributed by atoms with Crippen molar-refractivity contribution >= 4 is 11.8 Å². The average Bonchev–Trinajstić information content (AvgIpc) is 2.80. The number of carbonyl (C=O) groups is 2. The second-order valence-corrected chi connectivity index (χ2v) is 7.81. The molecule has 0 aliphatic carbocycles. The van der Waals surface area contributed by atoms with Gasteiger partial charge in [-0.25, -0.2) is 0 Å². The molecule has 3 atom stereocenters. The van der Waals surface area contributed by atoms with Gasteiger partial charge in [0.15, 0.2) is 0 Å². The lowest BCUT2D eigenvalue weighted by molar-refractivity contribution is -0.131. The van der Waals surface area contributed by atoms with Gasteiger partial charge >= 0.3 is 0 Å². The summed E-state index contributed by atoms with van der Waals surface area (Å²) in [5.41, 5.74) is 3.29. The molecule has 160 valence electrons. The molecule has 3 rings (SSSR count). The van der Waals surface area contributed by atoms with Crippen molar-refractivity contribution < 1.29 is 14.3 Å². The number of amides is 2. The number of nitrogens with one attached hydrogen (secondary N) is 3. The van der Waals surface area contributed by atoms with Gasteiger partial charge < -0.3 is 20.7 Å². The highest BCUT2D eigenvalue weighted by Crippen LogP contribution is 2.18. The van der Waals surface area contributed by atoms with Crippen molar-refractivity contribution in [2.75, 3.05) is 7.11 Å². The smallest absolute Gasteiger partial charge is 0.243 e. The number of hydrogen-bond donors (Lipinski definition) is 3. The molecule has 3 unspecified atom stereocenters. The standard InChI is InChI=1S/C24H31N3O3/c1-4-16(2)22(24(29)26-15-19-11-7-8-12-21(19)30-3)27-23(28)20-13-17-9-5-6-10-18(17)14-25-20/h5-12,16,20,22,25H,4,13-15H2,1-3H3,(H,26,29)(H,27,28). The van der Waals surface area contributed by atoms with Crippen molar-refractivity contribution in [3.8, 4) is 5.75 Å². The second-order valence-electron chi connectivity index (χ2n) is 7.81. The second kappa shape index (κ2) is 10.3. The minimum Gasteiger partial charge on any atom is -0.496 e. The molecule has 0 fully saturated rings. The van der Waals surface area contributed by atoms with E-state index in [1.54, 1.807) is 7.11 Å². The number of para-hydroxylation sites is 1. The van der Waals surface area contributed by atoms with Crippen molar-refractivity contribution in [3.05, 3.63) is 65.2 Å². The van der Waals surface area contributed by atoms with Crippen LogP contribution in [0.15, 0.2) is 48.5 Å². The van der Waals surface area contributed by atoms with Crippen LogP contribution in [0.2, 0.25) is 0 Å². The van der Waals surface area contributed by atoms with Crippen LogP contribution in [0, 0.1) is 5.92 Å². The zero-order chi connectivity index (χ0) is 21.5. The molecular weight excluding hydrogens is 378 g/mol. The van der Waals surface area contributed by atoms with Gasteiger partial charge in [-0.15, -0.1) is 0 Å². The van der Waals surface area contributed by atoms with E-state index in [1.165, 1.54) is 11.1 Å². The molecule has 1 aliphatic rings. The van der Waals surface area contributed by atoms with E-state index >= 15 is 0 Å². The predicted molar refractivity (Wildman–Crippen MR) is 117 cm³/mol. The Hall–Kier alpha value is -2.86. The lowest BCUT2D eigenvalue weighted by Gasteiger charge is -2.29. The van der Waals surface area contributed by atoms with E-state index in [1.807, 2.05) is 50.2 Å². The summed E-state index contributed by atoms with van der Waals surface area (Å²) in [7, 11) is 1.61. The molecule has 0 spiro atoms. The van der Waals surface area contributed by atoms with Gasteiger partial charge in [0.25, 0.3) is 0 Å². The number of carbonyl (C=O) groups excluding carboxylic acids is 2. The van der Waals surface area contributed by atoms with Gasteiger partial charge in [-0.1, -0.05) is 62.7 Å². The third-order valence-electron chi connectivity index (χ3n) is 5.84. The van der Waals surface area contributed by atoms with E-state index in [9.17, 15) is 9.59 Å². The first-order chi connectivity index (χ1) is 14.5. The summed E-state index contributed by atoms with van der Waals surface area (Å²) in [5.74, 6) is 0.427. The summed E-state index contributed by atoms with van der Waals surface area (Å²) in [4.78, 5) is 25.9. The molecule has 30 heavy (non-hydrogen) atoms. The number of ether oxygens (including phenoxy) is 1. The predicted octanol–water partition coefficient (Wildman–Crippen LogP) is 2.56. The maximum Gasteiger partial charge on any atom is 0.243 e. The topological polar surface area (TPSA) is 79.5 Å². The first-order valence-corrected chi connectivity index (χ1v) is 10.5. The SMILES string of the molecule is CCC(C)C(NC(=O)C1Cc2ccccc2CN1)C(=O)NCc1ccccc1OC. The normalized spacial score (nSPS) is 17.4. The molecule has 6 heteroatoms. The van der Waals surface area contributed by atoms with Crippen LogP contribution in [-0.4, -0.2) is 31.0 Å². The van der Waals surface area contributed by atoms with Crippen LogP contribution in [0.25, 0.3) is 0 Å². The van der Waals surface area contributed by atoms with E-state index in [0.717, 1.165) is 17.7 Å². The number of benzene rings is 2. The van der Waals surface area contributed by atoms with Gasteiger partial charge in [0.05, 0.1) is 13.2 Å². The highest BCUT2D eigenvalue weighted by atomic mass is 16.5. The zero-order valence-corrected chi connectivity index (χ0v) is 17.9. The molecule has 0 aromatic heterocycles. The Kier molecular flexibility index (Phi) is 7.46. The summed E-state index contributed by atoms with van der Waals surface area (Å²) < 4.78 is 5.35. The van der Waals surface area contributed by atoms with Crippen LogP contribution in [0.1, 0.15) is 37.0 Å². The highest BCUT2D eigenvalue weighted by molar-refractivity contribution is 5.90. The Bertz CT molecular complexity index is 884. The Labute approximate surface area is 178 Å². The molecule has 2 aromatic carbocycles. The summed E-state index contributed by atoms with van der Waals surface area (Å²) in [5, 5.41) is 9.24. The summed E-state index contributed by atoms with van der Waals surface area (Å²) >= 11 is 0. The fourth-order valence-electron chi connectivity index (χ4n) is 3.74. The van der Waals surface area contributed by atoms with Crippen LogP contribution in [0.4, 0.5) is 0 Å². The summed E-state index contributed by atoms with van der Waals surface area (Å²) in [6.45, 7) is 5.01. The molecule has 6 nitrogen and oxygen atoms in total. The first-order valence-electron chi connectivity index (χ1n) is 10.5. The molecule has 1 aliphatic heterocycles. The van der Waals surface area contributed by atoms with Gasteiger partial charge in [-0.2, -0.15) is 0 Å². The van der Waals surface area contributed by atoms with Crippen LogP contribution >= 0.6 is 0 Å². The lowest BCUT2D eigenvalue weighted by atomic mass is 9.94. The molecule has 2 aromatic rings. The quantitative estimate of drug-likeness (QED) is 0.626. The van der Waals surface area contributed by atoms with Crippen molar-refractivity contribution in [1.29, 1.82) is 0 Å². The molecule has 0 bridgehead atoms. The Morgan fingerprint density at radius 1 is 1.13 bits per heavy atom. The third-order valence-corrected chi connectivity index (χ3v) is 5.84. The molecule has 1 heterocycles. The van der Waals surface area contributed by atoms with E-state index in [-0.39, 0.29) is 23.8 Å². The van der Waals surface area contributed by atoms with Gasteiger partial charge in [0.1, 0.15) is 11.8 Å². The van der Waals surface area contributed by atoms with Crippen molar-refractivity contribution in [1.82, 2.24) is 16.0 Å². The fraction of sp³-hybridized carbons (Fsp3) is 0.417. The molecular formula is C24H31N3O3. The lowest BCUT2D eigenvalue weighted by Crippen LogP contribution is -2.56. The van der Waals surface area contributed by atoms with Gasteiger partial charge in [0.2, 0.25) is 11.8 Å². The van der Waals surface area contributed by atoms with Crippen molar-refractivity contribution in [3.63, 3.8) is 0 Å². The van der Waals surface area contributed by atoms with Crippen molar-refractivity contribution in [2.24, 2.45) is 5.92 Å². The molecule has 3 N–H and O–H groups in total. The van der Waals surface area contributed by atoms with Crippen LogP contribution in [0.5, 0.6) is 5.75 Å². The molecule has 0 radical (unpaired) electrons. The number of hydrogen-bond acceptors (Lipinski definition) is 4. The van der Waals surface area contributed by atoms with Gasteiger partial charge in [-0.3, -0.25) is 9.59 Å². The van der Waals surface area contributed by atoms with Crippen LogP contribution in [-0.2, 0) is 29.1 Å². The Balaban J connectivity index is 1.64. The van der Waals surface area contributed by atoms with Crippen molar-refractivity contribution in [2.45, 2.75) is 51.9 Å². The summed E-state index contributed by atoms with van der Waals surface area (Å²) in [6.07, 6.45) is 1.41. The highest BCUT2D eigenvalue weighted by Gasteiger charge is 2.30. The maximum absolute atomic E-state index is 12.9. The minimum absolute atomic E-state index is 0.0162. The molecule has 2 amide bonds. The Morgan fingerprint density at radius 2 is 1.83 bits per heavy atom. The number of fused-ring (bicyclic) bond motifs is 1. The van der Waals surface area contributed by atoms with Gasteiger partial charge in [-0.05, 0) is 29.5 Å². The minimum atomic E-state index is -0.587. The maximum atomic E-state index is 12.9. The van der Waals surface area contributed by atoms with E-state index in [2.05, 4.69) is 28.1 Å². The average molecular weight is 410 g/mol. The monoisotopic (exact) mass is 409 g/mol. The van der Waals surface area contributed by atoms with Crippen LogP contribution < -0.4 is 20.7 Å². The largest absolute Gasteiger partial charge is 0.496 e. The van der Waals surface area contributed by atoms with Crippen LogP contribution in [0.3, 0.4) is 0 Å². The third kappa shape index (κ3) is 5.19. The first kappa shape index (κ1) is 21.8. The van der Waals surface area contributed by atoms with E-state index in [0.29, 0.717) is 19.5 Å². The molecule has 0 saturated carbocycles. The summed E-state index contributed by atoms with van der Waals surface area (Å²) in [6, 6.07) is 14.8. The molecule has 0 saturated heterocycles. The number of rotatable bonds is 8. The van der Waals surface area contributed by atoms with Gasteiger partial charge in [0, 0.05) is 18.7 Å².